The molecule has 0 aromatic carbocycles. The molecule has 0 radical (unpaired) electrons. The number of hydrogen-bond donors (Lipinski definition) is 0. The lowest BCUT2D eigenvalue weighted by molar-refractivity contribution is -0.889. The lowest BCUT2D eigenvalue weighted by Crippen LogP contribution is -2.55. The van der Waals surface area contributed by atoms with Crippen molar-refractivity contribution in [3.63, 3.8) is 0 Å². The van der Waals surface area contributed by atoms with Gasteiger partial charge in [-0.25, -0.2) is 0 Å². The molecule has 0 amide bonds. The Hall–Kier alpha value is -3.75. The largest absolute Gasteiger partial charge is 0.544 e. The van der Waals surface area contributed by atoms with E-state index in [0.29, 0.717) is 12.8 Å². The minimum absolute atomic E-state index is 0.0163. The predicted octanol–water partition coefficient (Wildman–Crippen LogP) is 12.1. The maximum absolute atomic E-state index is 12.8. The number of rotatable bonds is 41. The zero-order valence-electron chi connectivity index (χ0n) is 39.3. The number of allylic oxidation sites excluding steroid dienone is 16. The van der Waals surface area contributed by atoms with Crippen molar-refractivity contribution >= 4 is 17.9 Å². The Bertz CT molecular complexity index is 1310. The Morgan fingerprint density at radius 2 is 0.934 bits per heavy atom. The summed E-state index contributed by atoms with van der Waals surface area (Å²) < 4.78 is 17.1. The second kappa shape index (κ2) is 42.9. The predicted molar refractivity (Wildman–Crippen MR) is 254 cm³/mol. The summed E-state index contributed by atoms with van der Waals surface area (Å²) in [4.78, 5) is 36.9. The number of carbonyl (C=O) groups is 3. The second-order valence-corrected chi connectivity index (χ2v) is 16.8. The molecular weight excluding hydrogens is 763 g/mol. The van der Waals surface area contributed by atoms with Crippen LogP contribution in [0.1, 0.15) is 168 Å². The van der Waals surface area contributed by atoms with Crippen LogP contribution in [-0.4, -0.2) is 75.5 Å². The first-order chi connectivity index (χ1) is 29.6. The molecule has 0 aliphatic rings. The number of carboxylic acids is 1. The van der Waals surface area contributed by atoms with E-state index in [1.54, 1.807) is 21.1 Å². The number of likely N-dealkylation sites (N-methyl/N-ethyl adjacent to an activating group) is 1. The van der Waals surface area contributed by atoms with Gasteiger partial charge in [0.25, 0.3) is 0 Å². The number of quaternary nitrogens is 1. The van der Waals surface area contributed by atoms with Crippen molar-refractivity contribution in [2.45, 2.75) is 180 Å². The molecule has 8 nitrogen and oxygen atoms in total. The lowest BCUT2D eigenvalue weighted by Gasteiger charge is -2.34. The monoisotopic (exact) mass is 850 g/mol. The average molecular weight is 850 g/mol. The standard InChI is InChI=1S/C53H87NO7/c1-6-8-10-12-14-16-18-20-22-24-26-28-29-31-33-35-37-39-41-43-51(55)60-48-49(47-59-46-45-50(53(57)58)54(3,4)5)61-52(56)44-42-40-38-36-34-32-30-27-25-23-21-19-17-15-13-11-9-7-2/h8,10,12,14,16,18,20,22,24,26-31,33,49-50H,6-7,9,11,13,15,17,19,21,23,25,32,34-48H2,1-5H3/b10-8+,14-12+,18-16+,22-20+,26-24+,29-28+,30-27+,33-31+. The maximum Gasteiger partial charge on any atom is 0.306 e. The molecule has 346 valence electrons. The first kappa shape index (κ1) is 57.2. The van der Waals surface area contributed by atoms with Crippen LogP contribution < -0.4 is 5.11 Å². The Kier molecular flexibility index (Phi) is 40.3. The molecule has 61 heavy (non-hydrogen) atoms. The van der Waals surface area contributed by atoms with Gasteiger partial charge in [-0.05, 0) is 57.8 Å². The van der Waals surface area contributed by atoms with Gasteiger partial charge in [0.2, 0.25) is 0 Å². The summed E-state index contributed by atoms with van der Waals surface area (Å²) in [6.07, 6.45) is 57.1. The maximum atomic E-state index is 12.8. The van der Waals surface area contributed by atoms with Crippen molar-refractivity contribution in [2.24, 2.45) is 0 Å². The van der Waals surface area contributed by atoms with Gasteiger partial charge >= 0.3 is 11.9 Å². The molecule has 2 unspecified atom stereocenters. The third kappa shape index (κ3) is 41.4. The van der Waals surface area contributed by atoms with E-state index in [0.717, 1.165) is 64.2 Å². The van der Waals surface area contributed by atoms with Gasteiger partial charge < -0.3 is 28.6 Å². The van der Waals surface area contributed by atoms with Crippen molar-refractivity contribution in [2.75, 3.05) is 41.0 Å². The number of aliphatic carboxylic acids is 1. The van der Waals surface area contributed by atoms with Crippen LogP contribution in [0.5, 0.6) is 0 Å². The third-order valence-corrected chi connectivity index (χ3v) is 10.1. The molecule has 0 aliphatic carbocycles. The van der Waals surface area contributed by atoms with Gasteiger partial charge in [0.05, 0.1) is 40.3 Å². The van der Waals surface area contributed by atoms with Crippen LogP contribution in [0.4, 0.5) is 0 Å². The number of carboxylic acid groups (broad SMARTS) is 1. The molecular formula is C53H87NO7. The normalized spacial score (nSPS) is 13.8. The highest BCUT2D eigenvalue weighted by molar-refractivity contribution is 5.70. The van der Waals surface area contributed by atoms with Gasteiger partial charge in [-0.2, -0.15) is 0 Å². The average Bonchev–Trinajstić information content (AvgIpc) is 3.22. The molecule has 0 spiro atoms. The van der Waals surface area contributed by atoms with Crippen LogP contribution in [0.25, 0.3) is 0 Å². The zero-order valence-corrected chi connectivity index (χ0v) is 39.3. The van der Waals surface area contributed by atoms with Gasteiger partial charge in [0.1, 0.15) is 12.6 Å². The number of carbonyl (C=O) groups excluding carboxylic acids is 3. The molecule has 0 heterocycles. The summed E-state index contributed by atoms with van der Waals surface area (Å²) in [6.45, 7) is 4.45. The Balaban J connectivity index is 4.44. The summed E-state index contributed by atoms with van der Waals surface area (Å²) in [5.74, 6) is -1.81. The van der Waals surface area contributed by atoms with E-state index >= 15 is 0 Å². The van der Waals surface area contributed by atoms with Crippen LogP contribution in [0.2, 0.25) is 0 Å². The SMILES string of the molecule is CC/C=C/C=C/C=C/C=C/C=C/C=C/C=C/CCCCCC(=O)OCC(COCCC(C(=O)[O-])[N+](C)(C)C)OC(=O)CCCCCCC/C=C/CCCCCCCCCCC. The van der Waals surface area contributed by atoms with Crippen molar-refractivity contribution in [3.05, 3.63) is 97.2 Å². The molecule has 2 atom stereocenters. The third-order valence-electron chi connectivity index (χ3n) is 10.1. The van der Waals surface area contributed by atoms with E-state index in [2.05, 4.69) is 38.2 Å². The van der Waals surface area contributed by atoms with Crippen LogP contribution in [0.15, 0.2) is 97.2 Å². The van der Waals surface area contributed by atoms with E-state index in [9.17, 15) is 19.5 Å². The summed E-state index contributed by atoms with van der Waals surface area (Å²) in [7, 11) is 5.38. The molecule has 0 saturated heterocycles. The number of ether oxygens (including phenoxy) is 3. The molecule has 0 aromatic heterocycles. The van der Waals surface area contributed by atoms with E-state index in [1.807, 2.05) is 72.9 Å². The molecule has 0 N–H and O–H groups in total. The van der Waals surface area contributed by atoms with Crippen LogP contribution >= 0.6 is 0 Å². The molecule has 0 saturated carbocycles. The zero-order chi connectivity index (χ0) is 44.9. The van der Waals surface area contributed by atoms with Gasteiger partial charge in [0, 0.05) is 19.3 Å². The van der Waals surface area contributed by atoms with Crippen LogP contribution in [0, 0.1) is 0 Å². The van der Waals surface area contributed by atoms with E-state index in [-0.39, 0.29) is 49.1 Å². The molecule has 0 aromatic rings. The van der Waals surface area contributed by atoms with Gasteiger partial charge in [0.15, 0.2) is 6.10 Å². The van der Waals surface area contributed by atoms with E-state index in [1.165, 1.54) is 64.2 Å². The molecule has 8 heteroatoms. The Morgan fingerprint density at radius 3 is 1.43 bits per heavy atom. The summed E-state index contributed by atoms with van der Waals surface area (Å²) in [5, 5.41) is 11.6. The van der Waals surface area contributed by atoms with Crippen molar-refractivity contribution in [3.8, 4) is 0 Å². The van der Waals surface area contributed by atoms with Gasteiger partial charge in [-0.15, -0.1) is 0 Å². The molecule has 0 rings (SSSR count). The fourth-order valence-corrected chi connectivity index (χ4v) is 6.46. The minimum Gasteiger partial charge on any atom is -0.544 e. The van der Waals surface area contributed by atoms with Crippen molar-refractivity contribution in [1.29, 1.82) is 0 Å². The Morgan fingerprint density at radius 1 is 0.508 bits per heavy atom. The number of nitrogens with zero attached hydrogens (tertiary/aromatic N) is 1. The first-order valence-electron chi connectivity index (χ1n) is 23.9. The number of hydrogen-bond acceptors (Lipinski definition) is 7. The number of unbranched alkanes of at least 4 members (excludes halogenated alkanes) is 17. The molecule has 0 fully saturated rings. The Labute approximate surface area is 373 Å². The lowest BCUT2D eigenvalue weighted by atomic mass is 10.1. The minimum atomic E-state index is -1.14. The highest BCUT2D eigenvalue weighted by atomic mass is 16.6. The summed E-state index contributed by atoms with van der Waals surface area (Å²) >= 11 is 0. The second-order valence-electron chi connectivity index (χ2n) is 16.8. The van der Waals surface area contributed by atoms with Crippen molar-refractivity contribution in [1.82, 2.24) is 0 Å². The van der Waals surface area contributed by atoms with Crippen molar-refractivity contribution < 1.29 is 38.2 Å². The summed E-state index contributed by atoms with van der Waals surface area (Å²) in [5.41, 5.74) is 0. The summed E-state index contributed by atoms with van der Waals surface area (Å²) in [6, 6.07) is -0.740. The first-order valence-corrected chi connectivity index (χ1v) is 23.9. The van der Waals surface area contributed by atoms with Gasteiger partial charge in [-0.3, -0.25) is 9.59 Å². The van der Waals surface area contributed by atoms with E-state index in [4.69, 9.17) is 14.2 Å². The van der Waals surface area contributed by atoms with Crippen LogP contribution in [-0.2, 0) is 28.6 Å². The number of esters is 2. The van der Waals surface area contributed by atoms with Crippen LogP contribution in [0.3, 0.4) is 0 Å². The fourth-order valence-electron chi connectivity index (χ4n) is 6.46. The topological polar surface area (TPSA) is 102 Å². The quantitative estimate of drug-likeness (QED) is 0.0198. The molecule has 0 aliphatic heterocycles. The van der Waals surface area contributed by atoms with Gasteiger partial charge in [-0.1, -0.05) is 188 Å². The molecule has 0 bridgehead atoms. The highest BCUT2D eigenvalue weighted by Crippen LogP contribution is 2.13. The highest BCUT2D eigenvalue weighted by Gasteiger charge is 2.25. The smallest absolute Gasteiger partial charge is 0.306 e. The van der Waals surface area contributed by atoms with E-state index < -0.39 is 18.1 Å². The fraction of sp³-hybridized carbons (Fsp3) is 0.642.